The summed E-state index contributed by atoms with van der Waals surface area (Å²) in [7, 11) is 2.16. The third-order valence-electron chi connectivity index (χ3n) is 5.70. The zero-order chi connectivity index (χ0) is 17.7. The van der Waals surface area contributed by atoms with Crippen molar-refractivity contribution < 1.29 is 0 Å². The number of rotatable bonds is 6. The van der Waals surface area contributed by atoms with Crippen molar-refractivity contribution in [1.82, 2.24) is 14.7 Å². The van der Waals surface area contributed by atoms with Crippen molar-refractivity contribution in [1.29, 1.82) is 0 Å². The lowest BCUT2D eigenvalue weighted by Crippen LogP contribution is -2.40. The molecule has 0 aliphatic heterocycles. The molecule has 2 saturated carbocycles. The van der Waals surface area contributed by atoms with Crippen molar-refractivity contribution in [2.24, 2.45) is 11.8 Å². The van der Waals surface area contributed by atoms with Gasteiger partial charge in [-0.3, -0.25) is 9.69 Å². The summed E-state index contributed by atoms with van der Waals surface area (Å²) >= 11 is 1.67. The number of hydrogen-bond donors (Lipinski definition) is 0. The Morgan fingerprint density at radius 2 is 1.81 bits per heavy atom. The zero-order valence-electron chi connectivity index (χ0n) is 15.0. The smallest absolute Gasteiger partial charge is 0.275 e. The molecule has 1 aromatic carbocycles. The highest BCUT2D eigenvalue weighted by Gasteiger charge is 2.43. The Bertz CT molecular complexity index is 974. The fraction of sp³-hybridized carbons (Fsp3) is 0.429. The van der Waals surface area contributed by atoms with E-state index in [0.717, 1.165) is 33.2 Å². The Morgan fingerprint density at radius 1 is 1.12 bits per heavy atom. The summed E-state index contributed by atoms with van der Waals surface area (Å²) in [6.45, 7) is 0.569. The Kier molecular flexibility index (Phi) is 3.94. The first-order valence-electron chi connectivity index (χ1n) is 9.46. The third-order valence-corrected chi connectivity index (χ3v) is 6.57. The molecular formula is C21H23N3OS. The molecule has 5 heteroatoms. The summed E-state index contributed by atoms with van der Waals surface area (Å²) in [6.07, 6.45) is 5.36. The SMILES string of the molecule is CN(Cn1nc(-c2cccs2)c2ccccc2c1=O)C(C1CC1)C1CC1. The topological polar surface area (TPSA) is 38.1 Å². The lowest BCUT2D eigenvalue weighted by molar-refractivity contribution is 0.143. The fourth-order valence-electron chi connectivity index (χ4n) is 4.21. The molecule has 0 amide bonds. The van der Waals surface area contributed by atoms with E-state index in [2.05, 4.69) is 23.4 Å². The van der Waals surface area contributed by atoms with Crippen LogP contribution >= 0.6 is 11.3 Å². The van der Waals surface area contributed by atoms with E-state index in [1.807, 2.05) is 30.3 Å². The Balaban J connectivity index is 1.57. The van der Waals surface area contributed by atoms with Gasteiger partial charge in [0, 0.05) is 11.4 Å². The van der Waals surface area contributed by atoms with Gasteiger partial charge in [-0.1, -0.05) is 24.3 Å². The van der Waals surface area contributed by atoms with Gasteiger partial charge in [-0.05, 0) is 62.1 Å². The van der Waals surface area contributed by atoms with Gasteiger partial charge in [0.2, 0.25) is 0 Å². The summed E-state index contributed by atoms with van der Waals surface area (Å²) in [4.78, 5) is 16.5. The van der Waals surface area contributed by atoms with E-state index in [0.29, 0.717) is 12.7 Å². The highest BCUT2D eigenvalue weighted by molar-refractivity contribution is 7.13. The highest BCUT2D eigenvalue weighted by Crippen LogP contribution is 2.46. The van der Waals surface area contributed by atoms with Crippen LogP contribution in [0.25, 0.3) is 21.3 Å². The van der Waals surface area contributed by atoms with E-state index in [1.54, 1.807) is 16.0 Å². The predicted molar refractivity (Wildman–Crippen MR) is 106 cm³/mol. The largest absolute Gasteiger partial charge is 0.284 e. The van der Waals surface area contributed by atoms with E-state index >= 15 is 0 Å². The van der Waals surface area contributed by atoms with E-state index in [1.165, 1.54) is 25.7 Å². The first-order valence-corrected chi connectivity index (χ1v) is 10.3. The average Bonchev–Trinajstić information content (AvgIpc) is 3.59. The molecule has 2 aliphatic carbocycles. The molecule has 134 valence electrons. The third kappa shape index (κ3) is 2.89. The quantitative estimate of drug-likeness (QED) is 0.657. The monoisotopic (exact) mass is 365 g/mol. The second kappa shape index (κ2) is 6.32. The molecular weight excluding hydrogens is 342 g/mol. The lowest BCUT2D eigenvalue weighted by atomic mass is 10.1. The molecule has 2 aromatic heterocycles. The van der Waals surface area contributed by atoms with Crippen LogP contribution in [0.3, 0.4) is 0 Å². The molecule has 2 heterocycles. The van der Waals surface area contributed by atoms with Crippen molar-refractivity contribution in [2.75, 3.05) is 7.05 Å². The molecule has 0 spiro atoms. The van der Waals surface area contributed by atoms with Crippen LogP contribution in [-0.2, 0) is 6.67 Å². The molecule has 2 aliphatic rings. The molecule has 0 bridgehead atoms. The number of hydrogen-bond acceptors (Lipinski definition) is 4. The van der Waals surface area contributed by atoms with Crippen molar-refractivity contribution in [2.45, 2.75) is 38.4 Å². The molecule has 0 unspecified atom stereocenters. The maximum absolute atomic E-state index is 13.1. The predicted octanol–water partition coefficient (Wildman–Crippen LogP) is 4.20. The van der Waals surface area contributed by atoms with Crippen molar-refractivity contribution in [3.8, 4) is 10.6 Å². The van der Waals surface area contributed by atoms with Crippen molar-refractivity contribution in [3.05, 3.63) is 52.1 Å². The molecule has 0 radical (unpaired) electrons. The van der Waals surface area contributed by atoms with Crippen LogP contribution in [0.1, 0.15) is 25.7 Å². The van der Waals surface area contributed by atoms with Crippen molar-refractivity contribution >= 4 is 22.1 Å². The normalized spacial score (nSPS) is 17.5. The summed E-state index contributed by atoms with van der Waals surface area (Å²) in [5, 5.41) is 8.56. The lowest BCUT2D eigenvalue weighted by Gasteiger charge is -2.28. The first kappa shape index (κ1) is 16.2. The Labute approximate surface area is 157 Å². The van der Waals surface area contributed by atoms with Crippen LogP contribution < -0.4 is 5.56 Å². The summed E-state index contributed by atoms with van der Waals surface area (Å²) in [5.41, 5.74) is 0.927. The molecule has 0 atom stereocenters. The highest BCUT2D eigenvalue weighted by atomic mass is 32.1. The van der Waals surface area contributed by atoms with Gasteiger partial charge in [0.1, 0.15) is 5.69 Å². The fourth-order valence-corrected chi connectivity index (χ4v) is 4.94. The van der Waals surface area contributed by atoms with Crippen LogP contribution in [0.15, 0.2) is 46.6 Å². The van der Waals surface area contributed by atoms with Gasteiger partial charge in [0.15, 0.2) is 0 Å². The minimum Gasteiger partial charge on any atom is -0.284 e. The van der Waals surface area contributed by atoms with Gasteiger partial charge in [0.25, 0.3) is 5.56 Å². The zero-order valence-corrected chi connectivity index (χ0v) is 15.8. The number of aromatic nitrogens is 2. The molecule has 0 N–H and O–H groups in total. The summed E-state index contributed by atoms with van der Waals surface area (Å²) in [5.74, 6) is 1.64. The summed E-state index contributed by atoms with van der Waals surface area (Å²) < 4.78 is 1.68. The Morgan fingerprint density at radius 3 is 2.42 bits per heavy atom. The van der Waals surface area contributed by atoms with Gasteiger partial charge in [-0.25, -0.2) is 4.68 Å². The standard InChI is InChI=1S/C21H23N3OS/c1-23(20(14-8-9-14)15-10-11-15)13-24-21(25)17-6-3-2-5-16(17)19(22-24)18-7-4-12-26-18/h2-7,12,14-15,20H,8-11,13H2,1H3. The number of fused-ring (bicyclic) bond motifs is 1. The molecule has 0 saturated heterocycles. The number of benzene rings is 1. The second-order valence-corrected chi connectivity index (χ2v) is 8.69. The molecule has 3 aromatic rings. The van der Waals surface area contributed by atoms with Gasteiger partial charge in [-0.15, -0.1) is 11.3 Å². The minimum absolute atomic E-state index is 0.0121. The Hall–Kier alpha value is -1.98. The summed E-state index contributed by atoms with van der Waals surface area (Å²) in [6, 6.07) is 12.6. The molecule has 4 nitrogen and oxygen atoms in total. The van der Waals surface area contributed by atoms with Crippen LogP contribution in [0, 0.1) is 11.8 Å². The van der Waals surface area contributed by atoms with Gasteiger partial charge in [-0.2, -0.15) is 5.10 Å². The number of thiophene rings is 1. The average molecular weight is 366 g/mol. The van der Waals surface area contributed by atoms with E-state index in [9.17, 15) is 4.79 Å². The van der Waals surface area contributed by atoms with Gasteiger partial charge >= 0.3 is 0 Å². The van der Waals surface area contributed by atoms with Crippen LogP contribution in [0.5, 0.6) is 0 Å². The van der Waals surface area contributed by atoms with Gasteiger partial charge in [0.05, 0.1) is 16.9 Å². The van der Waals surface area contributed by atoms with Crippen LogP contribution in [0.4, 0.5) is 0 Å². The minimum atomic E-state index is 0.0121. The van der Waals surface area contributed by atoms with Gasteiger partial charge < -0.3 is 0 Å². The van der Waals surface area contributed by atoms with Crippen LogP contribution in [0.2, 0.25) is 0 Å². The van der Waals surface area contributed by atoms with E-state index in [-0.39, 0.29) is 5.56 Å². The molecule has 2 fully saturated rings. The number of nitrogens with zero attached hydrogens (tertiary/aromatic N) is 3. The second-order valence-electron chi connectivity index (χ2n) is 7.74. The maximum atomic E-state index is 13.1. The van der Waals surface area contributed by atoms with Crippen LogP contribution in [-0.4, -0.2) is 27.8 Å². The van der Waals surface area contributed by atoms with E-state index in [4.69, 9.17) is 5.10 Å². The maximum Gasteiger partial charge on any atom is 0.275 e. The molecule has 26 heavy (non-hydrogen) atoms. The molecule has 5 rings (SSSR count). The van der Waals surface area contributed by atoms with E-state index < -0.39 is 0 Å². The first-order chi connectivity index (χ1) is 12.7. The van der Waals surface area contributed by atoms with Crippen molar-refractivity contribution in [3.63, 3.8) is 0 Å².